The molecule has 0 aliphatic carbocycles. The number of hydrogen-bond donors (Lipinski definition) is 1. The zero-order valence-corrected chi connectivity index (χ0v) is 12.7. The van der Waals surface area contributed by atoms with Crippen molar-refractivity contribution in [1.29, 1.82) is 0 Å². The van der Waals surface area contributed by atoms with E-state index in [9.17, 15) is 0 Å². The highest BCUT2D eigenvalue weighted by atomic mass is 15.2. The van der Waals surface area contributed by atoms with Gasteiger partial charge >= 0.3 is 0 Å². The summed E-state index contributed by atoms with van der Waals surface area (Å²) in [6, 6.07) is 4.80. The molecule has 0 atom stereocenters. The summed E-state index contributed by atoms with van der Waals surface area (Å²) in [7, 11) is 0. The Balaban J connectivity index is 3.05. The molecule has 1 rings (SSSR count). The van der Waals surface area contributed by atoms with Crippen LogP contribution in [0, 0.1) is 0 Å². The zero-order chi connectivity index (χ0) is 14.3. The van der Waals surface area contributed by atoms with Gasteiger partial charge in [-0.2, -0.15) is 0 Å². The predicted molar refractivity (Wildman–Crippen MR) is 83.7 cm³/mol. The molecule has 1 aromatic heterocycles. The first-order valence-electron chi connectivity index (χ1n) is 7.20. The molecule has 3 nitrogen and oxygen atoms in total. The standard InChI is InChI=1S/C16H27N3/c1-6-9-19(13(4)5)16-11-14(12-17-8-3)10-15(7-2)18-16/h6,10-11,13,17H,1,7-9,12H2,2-5H3. The van der Waals surface area contributed by atoms with E-state index in [1.165, 1.54) is 5.56 Å². The lowest BCUT2D eigenvalue weighted by atomic mass is 10.1. The Labute approximate surface area is 117 Å². The minimum absolute atomic E-state index is 0.421. The number of hydrogen-bond acceptors (Lipinski definition) is 3. The van der Waals surface area contributed by atoms with Crippen molar-refractivity contribution in [3.8, 4) is 0 Å². The fourth-order valence-corrected chi connectivity index (χ4v) is 2.04. The van der Waals surface area contributed by atoms with Gasteiger partial charge in [0.25, 0.3) is 0 Å². The molecule has 0 aliphatic heterocycles. The summed E-state index contributed by atoms with van der Waals surface area (Å²) in [6.07, 6.45) is 2.90. The molecular formula is C16H27N3. The average Bonchev–Trinajstić information content (AvgIpc) is 2.41. The van der Waals surface area contributed by atoms with Crippen LogP contribution in [0.2, 0.25) is 0 Å². The van der Waals surface area contributed by atoms with Gasteiger partial charge in [0.1, 0.15) is 5.82 Å². The van der Waals surface area contributed by atoms with Gasteiger partial charge in [-0.25, -0.2) is 4.98 Å². The number of rotatable bonds is 8. The highest BCUT2D eigenvalue weighted by Gasteiger charge is 2.12. The maximum absolute atomic E-state index is 4.75. The van der Waals surface area contributed by atoms with Crippen LogP contribution in [-0.4, -0.2) is 24.1 Å². The fraction of sp³-hybridized carbons (Fsp3) is 0.562. The third-order valence-corrected chi connectivity index (χ3v) is 3.11. The van der Waals surface area contributed by atoms with Gasteiger partial charge in [0, 0.05) is 24.8 Å². The van der Waals surface area contributed by atoms with E-state index in [1.807, 2.05) is 6.08 Å². The number of nitrogens with one attached hydrogen (secondary N) is 1. The van der Waals surface area contributed by atoms with E-state index in [0.717, 1.165) is 37.6 Å². The third-order valence-electron chi connectivity index (χ3n) is 3.11. The quantitative estimate of drug-likeness (QED) is 0.729. The van der Waals surface area contributed by atoms with Crippen molar-refractivity contribution in [2.24, 2.45) is 0 Å². The Hall–Kier alpha value is -1.35. The fourth-order valence-electron chi connectivity index (χ4n) is 2.04. The number of nitrogens with zero attached hydrogens (tertiary/aromatic N) is 2. The van der Waals surface area contributed by atoms with E-state index in [-0.39, 0.29) is 0 Å². The van der Waals surface area contributed by atoms with Gasteiger partial charge in [-0.15, -0.1) is 6.58 Å². The summed E-state index contributed by atoms with van der Waals surface area (Å²) in [5, 5.41) is 3.38. The van der Waals surface area contributed by atoms with E-state index >= 15 is 0 Å². The largest absolute Gasteiger partial charge is 0.350 e. The Morgan fingerprint density at radius 1 is 1.37 bits per heavy atom. The van der Waals surface area contributed by atoms with Crippen molar-refractivity contribution in [2.45, 2.75) is 46.7 Å². The lowest BCUT2D eigenvalue weighted by molar-refractivity contribution is 0.700. The molecule has 0 saturated carbocycles. The van der Waals surface area contributed by atoms with Crippen LogP contribution >= 0.6 is 0 Å². The molecule has 0 amide bonds. The van der Waals surface area contributed by atoms with Crippen LogP contribution in [0.4, 0.5) is 5.82 Å². The van der Waals surface area contributed by atoms with Gasteiger partial charge < -0.3 is 10.2 Å². The number of aryl methyl sites for hydroxylation is 1. The SMILES string of the molecule is C=CCN(c1cc(CNCC)cc(CC)n1)C(C)C. The molecule has 0 bridgehead atoms. The van der Waals surface area contributed by atoms with Crippen LogP contribution < -0.4 is 10.2 Å². The van der Waals surface area contributed by atoms with Gasteiger partial charge in [-0.3, -0.25) is 0 Å². The Morgan fingerprint density at radius 3 is 2.63 bits per heavy atom. The second-order valence-electron chi connectivity index (χ2n) is 4.99. The monoisotopic (exact) mass is 261 g/mol. The summed E-state index contributed by atoms with van der Waals surface area (Å²) in [4.78, 5) is 7.03. The van der Waals surface area contributed by atoms with Gasteiger partial charge in [-0.1, -0.05) is 19.9 Å². The van der Waals surface area contributed by atoms with Crippen molar-refractivity contribution < 1.29 is 0 Å². The summed E-state index contributed by atoms with van der Waals surface area (Å²) in [5.41, 5.74) is 2.46. The van der Waals surface area contributed by atoms with Crippen LogP contribution in [-0.2, 0) is 13.0 Å². The average molecular weight is 261 g/mol. The van der Waals surface area contributed by atoms with Crippen molar-refractivity contribution in [2.75, 3.05) is 18.0 Å². The van der Waals surface area contributed by atoms with Crippen LogP contribution in [0.15, 0.2) is 24.8 Å². The molecule has 0 aromatic carbocycles. The molecule has 1 N–H and O–H groups in total. The van der Waals surface area contributed by atoms with Crippen LogP contribution in [0.5, 0.6) is 0 Å². The molecule has 0 aliphatic rings. The predicted octanol–water partition coefficient (Wildman–Crippen LogP) is 3.15. The summed E-state index contributed by atoms with van der Waals surface area (Å²) >= 11 is 0. The molecule has 1 aromatic rings. The highest BCUT2D eigenvalue weighted by Crippen LogP contribution is 2.18. The van der Waals surface area contributed by atoms with Crippen LogP contribution in [0.3, 0.4) is 0 Å². The molecule has 106 valence electrons. The topological polar surface area (TPSA) is 28.2 Å². The van der Waals surface area contributed by atoms with Crippen molar-refractivity contribution in [3.63, 3.8) is 0 Å². The minimum atomic E-state index is 0.421. The Kier molecular flexibility index (Phi) is 6.57. The van der Waals surface area contributed by atoms with Crippen molar-refractivity contribution in [1.82, 2.24) is 10.3 Å². The molecule has 1 heterocycles. The maximum Gasteiger partial charge on any atom is 0.129 e. The first kappa shape index (κ1) is 15.7. The first-order chi connectivity index (χ1) is 9.12. The third kappa shape index (κ3) is 4.67. The maximum atomic E-state index is 4.75. The summed E-state index contributed by atoms with van der Waals surface area (Å²) < 4.78 is 0. The molecule has 0 unspecified atom stereocenters. The highest BCUT2D eigenvalue weighted by molar-refractivity contribution is 5.44. The molecule has 0 spiro atoms. The lowest BCUT2D eigenvalue weighted by Gasteiger charge is -2.27. The second-order valence-corrected chi connectivity index (χ2v) is 4.99. The lowest BCUT2D eigenvalue weighted by Crippen LogP contribution is -2.32. The van der Waals surface area contributed by atoms with Crippen molar-refractivity contribution in [3.05, 3.63) is 36.0 Å². The zero-order valence-electron chi connectivity index (χ0n) is 12.7. The van der Waals surface area contributed by atoms with E-state index in [0.29, 0.717) is 6.04 Å². The summed E-state index contributed by atoms with van der Waals surface area (Å²) in [5.74, 6) is 1.06. The van der Waals surface area contributed by atoms with E-state index in [4.69, 9.17) is 4.98 Å². The van der Waals surface area contributed by atoms with Gasteiger partial charge in [-0.05, 0) is 44.5 Å². The Morgan fingerprint density at radius 2 is 2.11 bits per heavy atom. The second kappa shape index (κ2) is 7.95. The van der Waals surface area contributed by atoms with E-state index in [2.05, 4.69) is 56.6 Å². The normalized spacial score (nSPS) is 10.8. The molecule has 3 heteroatoms. The van der Waals surface area contributed by atoms with Gasteiger partial charge in [0.2, 0.25) is 0 Å². The first-order valence-corrected chi connectivity index (χ1v) is 7.20. The molecule has 0 fully saturated rings. The van der Waals surface area contributed by atoms with E-state index in [1.54, 1.807) is 0 Å². The molecular weight excluding hydrogens is 234 g/mol. The van der Waals surface area contributed by atoms with Crippen LogP contribution in [0.25, 0.3) is 0 Å². The van der Waals surface area contributed by atoms with Crippen LogP contribution in [0.1, 0.15) is 39.0 Å². The van der Waals surface area contributed by atoms with Gasteiger partial charge in [0.05, 0.1) is 0 Å². The number of anilines is 1. The molecule has 0 saturated heterocycles. The Bertz CT molecular complexity index is 399. The number of aromatic nitrogens is 1. The molecule has 19 heavy (non-hydrogen) atoms. The van der Waals surface area contributed by atoms with Crippen molar-refractivity contribution >= 4 is 5.82 Å². The smallest absolute Gasteiger partial charge is 0.129 e. The van der Waals surface area contributed by atoms with Gasteiger partial charge in [0.15, 0.2) is 0 Å². The summed E-state index contributed by atoms with van der Waals surface area (Å²) in [6.45, 7) is 15.2. The minimum Gasteiger partial charge on any atom is -0.350 e. The number of pyridine rings is 1. The van der Waals surface area contributed by atoms with E-state index < -0.39 is 0 Å². The molecule has 0 radical (unpaired) electrons.